The molecule has 0 aliphatic heterocycles. The van der Waals surface area contributed by atoms with E-state index < -0.39 is 23.6 Å². The van der Waals surface area contributed by atoms with Crippen LogP contribution in [0.1, 0.15) is 25.2 Å². The summed E-state index contributed by atoms with van der Waals surface area (Å²) in [6.45, 7) is 3.67. The molecule has 26 heavy (non-hydrogen) atoms. The molecule has 0 heterocycles. The largest absolute Gasteiger partial charge is 0.352 e. The average Bonchev–Trinajstić information content (AvgIpc) is 2.60. The van der Waals surface area contributed by atoms with E-state index in [1.165, 1.54) is 0 Å². The van der Waals surface area contributed by atoms with Gasteiger partial charge < -0.3 is 9.05 Å². The normalized spacial score (nSPS) is 13.9. The van der Waals surface area contributed by atoms with Gasteiger partial charge in [-0.2, -0.15) is 17.4 Å². The van der Waals surface area contributed by atoms with Crippen LogP contribution >= 0.6 is 30.8 Å². The zero-order valence-electron chi connectivity index (χ0n) is 14.8. The van der Waals surface area contributed by atoms with Gasteiger partial charge in [0.25, 0.3) is 10.2 Å². The lowest BCUT2D eigenvalue weighted by atomic mass is 10.2. The lowest BCUT2D eigenvalue weighted by Gasteiger charge is -2.29. The molecule has 0 aromatic heterocycles. The summed E-state index contributed by atoms with van der Waals surface area (Å²) in [5, 5.41) is 0. The molecular weight excluding hydrogens is 422 g/mol. The Morgan fingerprint density at radius 3 is 2.00 bits per heavy atom. The van der Waals surface area contributed by atoms with Crippen LogP contribution < -0.4 is 4.72 Å². The number of hydrogen-bond donors (Lipinski definition) is 1. The molecule has 0 aliphatic rings. The highest BCUT2D eigenvalue weighted by atomic mass is 35.5. The molecule has 1 atom stereocenters. The van der Waals surface area contributed by atoms with E-state index in [1.807, 2.05) is 0 Å². The summed E-state index contributed by atoms with van der Waals surface area (Å²) in [5.74, 6) is -0.994. The molecule has 0 radical (unpaired) electrons. The topological polar surface area (TPSA) is 84.9 Å². The molecule has 0 saturated carbocycles. The Balaban J connectivity index is 3.30. The van der Waals surface area contributed by atoms with Crippen LogP contribution in [0, 0.1) is 0 Å². The summed E-state index contributed by atoms with van der Waals surface area (Å²) in [6, 6.07) is 8.52. The van der Waals surface area contributed by atoms with Crippen LogP contribution in [0.5, 0.6) is 0 Å². The summed E-state index contributed by atoms with van der Waals surface area (Å²) in [6.07, 6.45) is 0. The molecule has 0 fully saturated rings. The monoisotopic (exact) mass is 446 g/mol. The van der Waals surface area contributed by atoms with E-state index in [4.69, 9.17) is 32.2 Å². The van der Waals surface area contributed by atoms with Crippen LogP contribution in [0.2, 0.25) is 0 Å². The van der Waals surface area contributed by atoms with Gasteiger partial charge in [0.1, 0.15) is 5.78 Å². The average molecular weight is 447 g/mol. The molecule has 0 saturated heterocycles. The minimum Gasteiger partial charge on any atom is -0.308 e. The van der Waals surface area contributed by atoms with Crippen molar-refractivity contribution in [3.8, 4) is 0 Å². The summed E-state index contributed by atoms with van der Waals surface area (Å²) in [5.41, 5.74) is 0.470. The van der Waals surface area contributed by atoms with Gasteiger partial charge in [-0.25, -0.2) is 0 Å². The van der Waals surface area contributed by atoms with Crippen molar-refractivity contribution >= 4 is 41.0 Å². The van der Waals surface area contributed by atoms with Gasteiger partial charge in [-0.15, -0.1) is 23.2 Å². The SMILES string of the molecule is CCOP(=O)(OCC)C(NS(=O)(=O)N(CCCl)CCCl)c1ccccc1. The van der Waals surface area contributed by atoms with Gasteiger partial charge in [-0.1, -0.05) is 30.3 Å². The van der Waals surface area contributed by atoms with Gasteiger partial charge in [-0.05, 0) is 19.4 Å². The fourth-order valence-corrected chi connectivity index (χ4v) is 6.64. The second-order valence-corrected chi connectivity index (χ2v) is 9.66. The Hall–Kier alpha value is -0.180. The fourth-order valence-electron chi connectivity index (χ4n) is 2.25. The van der Waals surface area contributed by atoms with Crippen LogP contribution in [-0.4, -0.2) is 50.8 Å². The number of hydrogen-bond acceptors (Lipinski definition) is 5. The van der Waals surface area contributed by atoms with Crippen molar-refractivity contribution in [2.45, 2.75) is 19.6 Å². The van der Waals surface area contributed by atoms with Crippen molar-refractivity contribution in [3.63, 3.8) is 0 Å². The third kappa shape index (κ3) is 6.77. The number of halogens is 2. The van der Waals surface area contributed by atoms with Gasteiger partial charge in [0.15, 0.2) is 0 Å². The highest BCUT2D eigenvalue weighted by Crippen LogP contribution is 2.59. The number of nitrogens with zero attached hydrogens (tertiary/aromatic N) is 1. The number of alkyl halides is 2. The first-order valence-electron chi connectivity index (χ1n) is 8.17. The number of benzene rings is 1. The van der Waals surface area contributed by atoms with Gasteiger partial charge in [0.2, 0.25) is 0 Å². The summed E-state index contributed by atoms with van der Waals surface area (Å²) >= 11 is 11.4. The molecule has 11 heteroatoms. The van der Waals surface area contributed by atoms with E-state index in [-0.39, 0.29) is 38.1 Å². The Bertz CT molecular complexity index is 662. The predicted molar refractivity (Wildman–Crippen MR) is 105 cm³/mol. The minimum absolute atomic E-state index is 0.0681. The van der Waals surface area contributed by atoms with Crippen LogP contribution in [-0.2, 0) is 23.8 Å². The molecule has 150 valence electrons. The molecule has 1 N–H and O–H groups in total. The smallest absolute Gasteiger partial charge is 0.308 e. The quantitative estimate of drug-likeness (QED) is 0.369. The van der Waals surface area contributed by atoms with E-state index in [0.717, 1.165) is 4.31 Å². The molecule has 0 spiro atoms. The molecule has 0 amide bonds. The lowest BCUT2D eigenvalue weighted by Crippen LogP contribution is -2.44. The zero-order chi connectivity index (χ0) is 19.6. The van der Waals surface area contributed by atoms with E-state index in [2.05, 4.69) is 4.72 Å². The molecule has 0 aliphatic carbocycles. The van der Waals surface area contributed by atoms with E-state index >= 15 is 0 Å². The summed E-state index contributed by atoms with van der Waals surface area (Å²) < 4.78 is 53.2. The first-order valence-corrected chi connectivity index (χ1v) is 12.3. The van der Waals surface area contributed by atoms with Crippen molar-refractivity contribution in [3.05, 3.63) is 35.9 Å². The highest BCUT2D eigenvalue weighted by Gasteiger charge is 2.40. The summed E-state index contributed by atoms with van der Waals surface area (Å²) in [4.78, 5) is 0. The first-order chi connectivity index (χ1) is 12.3. The Morgan fingerprint density at radius 1 is 1.08 bits per heavy atom. The second kappa shape index (κ2) is 11.6. The second-order valence-electron chi connectivity index (χ2n) is 5.09. The number of rotatable bonds is 13. The maximum absolute atomic E-state index is 13.3. The minimum atomic E-state index is -4.03. The van der Waals surface area contributed by atoms with Crippen molar-refractivity contribution in [1.82, 2.24) is 9.03 Å². The Morgan fingerprint density at radius 2 is 1.58 bits per heavy atom. The predicted octanol–water partition coefficient (Wildman–Crippen LogP) is 3.57. The fraction of sp³-hybridized carbons (Fsp3) is 0.600. The molecule has 1 unspecified atom stereocenters. The van der Waals surface area contributed by atoms with Gasteiger partial charge in [0, 0.05) is 24.8 Å². The van der Waals surface area contributed by atoms with Crippen LogP contribution in [0.25, 0.3) is 0 Å². The van der Waals surface area contributed by atoms with Crippen molar-refractivity contribution < 1.29 is 22.0 Å². The van der Waals surface area contributed by atoms with Crippen LogP contribution in [0.3, 0.4) is 0 Å². The maximum Gasteiger partial charge on any atom is 0.352 e. The van der Waals surface area contributed by atoms with E-state index in [0.29, 0.717) is 5.56 Å². The molecule has 7 nitrogen and oxygen atoms in total. The molecular formula is C15H25Cl2N2O5PS. The highest BCUT2D eigenvalue weighted by molar-refractivity contribution is 7.87. The van der Waals surface area contributed by atoms with Gasteiger partial charge in [0.05, 0.1) is 13.2 Å². The summed E-state index contributed by atoms with van der Waals surface area (Å²) in [7, 11) is -7.84. The third-order valence-corrected chi connectivity index (χ3v) is 7.71. The van der Waals surface area contributed by atoms with Crippen LogP contribution in [0.4, 0.5) is 0 Å². The standard InChI is InChI=1S/C15H25Cl2N2O5PS/c1-3-23-25(20,24-4-2)15(14-8-6-5-7-9-14)18-26(21,22)19(12-10-16)13-11-17/h5-9,15,18H,3-4,10-13H2,1-2H3. The third-order valence-electron chi connectivity index (χ3n) is 3.32. The first kappa shape index (κ1) is 23.9. The van der Waals surface area contributed by atoms with Crippen molar-refractivity contribution in [1.29, 1.82) is 0 Å². The van der Waals surface area contributed by atoms with Gasteiger partial charge >= 0.3 is 7.60 Å². The van der Waals surface area contributed by atoms with Crippen LogP contribution in [0.15, 0.2) is 30.3 Å². The van der Waals surface area contributed by atoms with Crippen molar-refractivity contribution in [2.75, 3.05) is 38.1 Å². The molecule has 0 bridgehead atoms. The van der Waals surface area contributed by atoms with E-state index in [9.17, 15) is 13.0 Å². The van der Waals surface area contributed by atoms with Gasteiger partial charge in [-0.3, -0.25) is 4.57 Å². The zero-order valence-corrected chi connectivity index (χ0v) is 18.0. The lowest BCUT2D eigenvalue weighted by molar-refractivity contribution is 0.210. The molecule has 1 rings (SSSR count). The maximum atomic E-state index is 13.3. The molecule has 1 aromatic carbocycles. The Labute approximate surface area is 165 Å². The molecule has 1 aromatic rings. The van der Waals surface area contributed by atoms with Crippen molar-refractivity contribution in [2.24, 2.45) is 0 Å². The number of nitrogens with one attached hydrogen (secondary N) is 1. The van der Waals surface area contributed by atoms with E-state index in [1.54, 1.807) is 44.2 Å². The Kier molecular flexibility index (Phi) is 10.7.